The van der Waals surface area contributed by atoms with Crippen molar-refractivity contribution in [3.63, 3.8) is 0 Å². The lowest BCUT2D eigenvalue weighted by atomic mass is 9.96. The number of aryl methyl sites for hydroxylation is 3. The minimum absolute atomic E-state index is 0.0759. The quantitative estimate of drug-likeness (QED) is 0.738. The number of benzene rings is 1. The number of carbonyl (C=O) groups excluding carboxylic acids is 1. The van der Waals surface area contributed by atoms with Crippen LogP contribution in [0.3, 0.4) is 0 Å². The van der Waals surface area contributed by atoms with Gasteiger partial charge in [-0.15, -0.1) is 5.10 Å². The Morgan fingerprint density at radius 2 is 1.79 bits per heavy atom. The molecule has 0 aliphatic carbocycles. The Hall–Kier alpha value is -2.96. The van der Waals surface area contributed by atoms with Crippen molar-refractivity contribution in [2.24, 2.45) is 5.92 Å². The van der Waals surface area contributed by atoms with Crippen molar-refractivity contribution >= 4 is 22.6 Å². The van der Waals surface area contributed by atoms with Crippen LogP contribution in [-0.4, -0.2) is 45.5 Å². The molecular formula is C22H28N6O. The van der Waals surface area contributed by atoms with Crippen molar-refractivity contribution < 1.29 is 4.79 Å². The number of hydrogen-bond acceptors (Lipinski definition) is 5. The Labute approximate surface area is 171 Å². The zero-order chi connectivity index (χ0) is 20.5. The van der Waals surface area contributed by atoms with Gasteiger partial charge < -0.3 is 10.2 Å². The predicted octanol–water partition coefficient (Wildman–Crippen LogP) is 3.09. The van der Waals surface area contributed by atoms with Crippen LogP contribution < -0.4 is 10.2 Å². The number of nitrogens with zero attached hydrogens (tertiary/aromatic N) is 5. The zero-order valence-corrected chi connectivity index (χ0v) is 17.6. The van der Waals surface area contributed by atoms with E-state index in [4.69, 9.17) is 5.10 Å². The second-order valence-corrected chi connectivity index (χ2v) is 7.82. The Balaban J connectivity index is 1.68. The fourth-order valence-corrected chi connectivity index (χ4v) is 4.13. The number of amides is 1. The molecule has 3 heterocycles. The van der Waals surface area contributed by atoms with Crippen molar-refractivity contribution in [1.82, 2.24) is 25.3 Å². The van der Waals surface area contributed by atoms with Gasteiger partial charge in [-0.25, -0.2) is 4.68 Å². The first-order valence-corrected chi connectivity index (χ1v) is 10.3. The SMILES string of the molecule is CCNC(=O)C1CCN(c2nnc(C)c3c(C)n(-c4ccc(C)cc4)nc23)CC1. The van der Waals surface area contributed by atoms with Gasteiger partial charge >= 0.3 is 0 Å². The van der Waals surface area contributed by atoms with Crippen LogP contribution in [0.15, 0.2) is 24.3 Å². The molecule has 2 aromatic heterocycles. The van der Waals surface area contributed by atoms with Crippen LogP contribution in [0.2, 0.25) is 0 Å². The van der Waals surface area contributed by atoms with Crippen LogP contribution in [-0.2, 0) is 4.79 Å². The van der Waals surface area contributed by atoms with Crippen LogP contribution >= 0.6 is 0 Å². The van der Waals surface area contributed by atoms with Gasteiger partial charge in [0.1, 0.15) is 5.52 Å². The molecule has 1 N–H and O–H groups in total. The van der Waals surface area contributed by atoms with E-state index in [9.17, 15) is 4.79 Å². The summed E-state index contributed by atoms with van der Waals surface area (Å²) in [5.41, 5.74) is 5.08. The third-order valence-electron chi connectivity index (χ3n) is 5.78. The summed E-state index contributed by atoms with van der Waals surface area (Å²) in [5, 5.41) is 17.8. The second kappa shape index (κ2) is 7.81. The summed E-state index contributed by atoms with van der Waals surface area (Å²) in [4.78, 5) is 14.4. The molecule has 1 aliphatic heterocycles. The van der Waals surface area contributed by atoms with E-state index in [1.54, 1.807) is 0 Å². The van der Waals surface area contributed by atoms with Gasteiger partial charge in [0.25, 0.3) is 0 Å². The highest BCUT2D eigenvalue weighted by molar-refractivity contribution is 5.92. The lowest BCUT2D eigenvalue weighted by Gasteiger charge is -2.31. The molecule has 0 bridgehead atoms. The number of piperidine rings is 1. The third-order valence-corrected chi connectivity index (χ3v) is 5.78. The molecule has 1 amide bonds. The number of hydrogen-bond donors (Lipinski definition) is 1. The van der Waals surface area contributed by atoms with Crippen LogP contribution in [0.25, 0.3) is 16.6 Å². The number of fused-ring (bicyclic) bond motifs is 1. The minimum atomic E-state index is 0.0759. The molecule has 0 atom stereocenters. The normalized spacial score (nSPS) is 15.1. The molecule has 7 heteroatoms. The van der Waals surface area contributed by atoms with E-state index in [2.05, 4.69) is 58.5 Å². The molecule has 1 saturated heterocycles. The van der Waals surface area contributed by atoms with E-state index in [0.29, 0.717) is 6.54 Å². The highest BCUT2D eigenvalue weighted by Crippen LogP contribution is 2.31. The number of anilines is 1. The van der Waals surface area contributed by atoms with Gasteiger partial charge in [0.2, 0.25) is 5.91 Å². The summed E-state index contributed by atoms with van der Waals surface area (Å²) in [6.07, 6.45) is 1.64. The molecule has 0 saturated carbocycles. The average molecular weight is 393 g/mol. The van der Waals surface area contributed by atoms with Crippen molar-refractivity contribution in [3.05, 3.63) is 41.2 Å². The summed E-state index contributed by atoms with van der Waals surface area (Å²) in [7, 11) is 0. The van der Waals surface area contributed by atoms with Gasteiger partial charge in [-0.2, -0.15) is 10.2 Å². The molecule has 3 aromatic rings. The monoisotopic (exact) mass is 392 g/mol. The van der Waals surface area contributed by atoms with E-state index >= 15 is 0 Å². The molecule has 1 aromatic carbocycles. The summed E-state index contributed by atoms with van der Waals surface area (Å²) in [6, 6.07) is 8.36. The number of aromatic nitrogens is 4. The lowest BCUT2D eigenvalue weighted by molar-refractivity contribution is -0.125. The summed E-state index contributed by atoms with van der Waals surface area (Å²) in [6.45, 7) is 10.3. The second-order valence-electron chi connectivity index (χ2n) is 7.82. The highest BCUT2D eigenvalue weighted by Gasteiger charge is 2.28. The molecule has 0 radical (unpaired) electrons. The van der Waals surface area contributed by atoms with Gasteiger partial charge in [0.05, 0.1) is 22.5 Å². The van der Waals surface area contributed by atoms with Gasteiger partial charge in [-0.05, 0) is 52.7 Å². The first kappa shape index (κ1) is 19.4. The maximum absolute atomic E-state index is 12.2. The minimum Gasteiger partial charge on any atom is -0.356 e. The summed E-state index contributed by atoms with van der Waals surface area (Å²) in [5.74, 6) is 1.05. The molecule has 29 heavy (non-hydrogen) atoms. The molecule has 0 unspecified atom stereocenters. The first-order chi connectivity index (χ1) is 14.0. The van der Waals surface area contributed by atoms with Gasteiger partial charge in [-0.1, -0.05) is 17.7 Å². The highest BCUT2D eigenvalue weighted by atomic mass is 16.1. The Morgan fingerprint density at radius 1 is 1.10 bits per heavy atom. The lowest BCUT2D eigenvalue weighted by Crippen LogP contribution is -2.41. The molecule has 1 fully saturated rings. The zero-order valence-electron chi connectivity index (χ0n) is 17.6. The van der Waals surface area contributed by atoms with Crippen molar-refractivity contribution in [3.8, 4) is 5.69 Å². The van der Waals surface area contributed by atoms with E-state index in [1.807, 2.05) is 18.5 Å². The number of nitrogens with one attached hydrogen (secondary N) is 1. The maximum atomic E-state index is 12.2. The maximum Gasteiger partial charge on any atom is 0.223 e. The Morgan fingerprint density at radius 3 is 2.45 bits per heavy atom. The summed E-state index contributed by atoms with van der Waals surface area (Å²) >= 11 is 0. The van der Waals surface area contributed by atoms with Crippen molar-refractivity contribution in [2.75, 3.05) is 24.5 Å². The van der Waals surface area contributed by atoms with E-state index < -0.39 is 0 Å². The smallest absolute Gasteiger partial charge is 0.223 e. The molecule has 7 nitrogen and oxygen atoms in total. The Kier molecular flexibility index (Phi) is 5.22. The third kappa shape index (κ3) is 3.57. The van der Waals surface area contributed by atoms with Crippen molar-refractivity contribution in [1.29, 1.82) is 0 Å². The van der Waals surface area contributed by atoms with Crippen LogP contribution in [0, 0.1) is 26.7 Å². The molecule has 152 valence electrons. The standard InChI is InChI=1S/C22H28N6O/c1-5-23-22(29)17-10-12-27(13-11-17)21-20-19(15(3)24-25-21)16(4)28(26-20)18-8-6-14(2)7-9-18/h6-9,17H,5,10-13H2,1-4H3,(H,23,29). The number of carbonyl (C=O) groups is 1. The Bertz CT molecular complexity index is 1030. The van der Waals surface area contributed by atoms with E-state index in [-0.39, 0.29) is 11.8 Å². The topological polar surface area (TPSA) is 75.9 Å². The first-order valence-electron chi connectivity index (χ1n) is 10.3. The van der Waals surface area contributed by atoms with Crippen LogP contribution in [0.1, 0.15) is 36.7 Å². The summed E-state index contributed by atoms with van der Waals surface area (Å²) < 4.78 is 1.98. The fraction of sp³-hybridized carbons (Fsp3) is 0.455. The largest absolute Gasteiger partial charge is 0.356 e. The molecular weight excluding hydrogens is 364 g/mol. The van der Waals surface area contributed by atoms with E-state index in [1.165, 1.54) is 5.56 Å². The predicted molar refractivity (Wildman–Crippen MR) is 114 cm³/mol. The average Bonchev–Trinajstić information content (AvgIpc) is 3.07. The molecule has 1 aliphatic rings. The van der Waals surface area contributed by atoms with Crippen LogP contribution in [0.5, 0.6) is 0 Å². The van der Waals surface area contributed by atoms with Crippen LogP contribution in [0.4, 0.5) is 5.82 Å². The molecule has 0 spiro atoms. The number of rotatable bonds is 4. The van der Waals surface area contributed by atoms with Gasteiger partial charge in [-0.3, -0.25) is 4.79 Å². The molecule has 4 rings (SSSR count). The van der Waals surface area contributed by atoms with Gasteiger partial charge in [0.15, 0.2) is 5.82 Å². The fourth-order valence-electron chi connectivity index (χ4n) is 4.13. The van der Waals surface area contributed by atoms with Gasteiger partial charge in [0, 0.05) is 25.6 Å². The van der Waals surface area contributed by atoms with E-state index in [0.717, 1.165) is 59.7 Å². The van der Waals surface area contributed by atoms with Crippen molar-refractivity contribution in [2.45, 2.75) is 40.5 Å².